The summed E-state index contributed by atoms with van der Waals surface area (Å²) in [6, 6.07) is 4.34. The fourth-order valence-electron chi connectivity index (χ4n) is 2.41. The lowest BCUT2D eigenvalue weighted by Gasteiger charge is -2.32. The van der Waals surface area contributed by atoms with Gasteiger partial charge in [0.15, 0.2) is 0 Å². The molecule has 1 unspecified atom stereocenters. The number of benzene rings is 1. The van der Waals surface area contributed by atoms with Crippen LogP contribution in [0.25, 0.3) is 0 Å². The minimum absolute atomic E-state index is 0.113. The van der Waals surface area contributed by atoms with Gasteiger partial charge in [-0.25, -0.2) is 0 Å². The summed E-state index contributed by atoms with van der Waals surface area (Å²) in [6.07, 6.45) is 1.57. The molecule has 0 radical (unpaired) electrons. The van der Waals surface area contributed by atoms with Crippen LogP contribution in [-0.4, -0.2) is 41.9 Å². The molecule has 5 nitrogen and oxygen atoms in total. The molecule has 0 spiro atoms. The number of amides is 2. The molecule has 0 aliphatic carbocycles. The van der Waals surface area contributed by atoms with Crippen LogP contribution in [0.2, 0.25) is 10.0 Å². The summed E-state index contributed by atoms with van der Waals surface area (Å²) in [7, 11) is 0. The molecule has 1 aliphatic heterocycles. The van der Waals surface area contributed by atoms with Gasteiger partial charge in [-0.2, -0.15) is 0 Å². The first kappa shape index (κ1) is 17.1. The maximum absolute atomic E-state index is 12.3. The molecular formula is C15H19Cl2N3O2. The lowest BCUT2D eigenvalue weighted by molar-refractivity contribution is -0.133. The Balaban J connectivity index is 1.99. The zero-order valence-corrected chi connectivity index (χ0v) is 13.8. The highest BCUT2D eigenvalue weighted by atomic mass is 35.5. The minimum Gasteiger partial charge on any atom is -0.341 e. The Bertz CT molecular complexity index is 572. The van der Waals surface area contributed by atoms with E-state index in [0.29, 0.717) is 18.1 Å². The first-order valence-electron chi connectivity index (χ1n) is 7.19. The summed E-state index contributed by atoms with van der Waals surface area (Å²) in [6.45, 7) is 2.91. The van der Waals surface area contributed by atoms with E-state index in [0.717, 1.165) is 12.8 Å². The second-order valence-corrected chi connectivity index (χ2v) is 6.24. The van der Waals surface area contributed by atoms with Crippen LogP contribution >= 0.6 is 23.2 Å². The van der Waals surface area contributed by atoms with Crippen LogP contribution in [0.5, 0.6) is 0 Å². The maximum atomic E-state index is 12.3. The van der Waals surface area contributed by atoms with Gasteiger partial charge in [0.05, 0.1) is 15.6 Å². The SMILES string of the molecule is CC(NC(=O)c1cccc(Cl)c1Cl)C(=O)N1CCC(N)CC1. The molecule has 0 aromatic heterocycles. The Morgan fingerprint density at radius 1 is 1.32 bits per heavy atom. The zero-order valence-electron chi connectivity index (χ0n) is 12.3. The Morgan fingerprint density at radius 2 is 1.95 bits per heavy atom. The third-order valence-electron chi connectivity index (χ3n) is 3.77. The second-order valence-electron chi connectivity index (χ2n) is 5.46. The van der Waals surface area contributed by atoms with E-state index in [-0.39, 0.29) is 22.5 Å². The molecular weight excluding hydrogens is 325 g/mol. The van der Waals surface area contributed by atoms with E-state index in [9.17, 15) is 9.59 Å². The number of halogens is 2. The van der Waals surface area contributed by atoms with E-state index < -0.39 is 11.9 Å². The number of hydrogen-bond acceptors (Lipinski definition) is 3. The van der Waals surface area contributed by atoms with Gasteiger partial charge in [0.2, 0.25) is 5.91 Å². The van der Waals surface area contributed by atoms with Crippen LogP contribution in [0.4, 0.5) is 0 Å². The van der Waals surface area contributed by atoms with Crippen molar-refractivity contribution in [2.24, 2.45) is 5.73 Å². The highest BCUT2D eigenvalue weighted by Gasteiger charge is 2.26. The summed E-state index contributed by atoms with van der Waals surface area (Å²) in [4.78, 5) is 26.3. The van der Waals surface area contributed by atoms with Gasteiger partial charge in [0.25, 0.3) is 5.91 Å². The third kappa shape index (κ3) is 3.91. The summed E-state index contributed by atoms with van der Waals surface area (Å²) >= 11 is 11.9. The van der Waals surface area contributed by atoms with Gasteiger partial charge >= 0.3 is 0 Å². The average Bonchev–Trinajstić information content (AvgIpc) is 2.50. The fourth-order valence-corrected chi connectivity index (χ4v) is 2.80. The highest BCUT2D eigenvalue weighted by Crippen LogP contribution is 2.25. The van der Waals surface area contributed by atoms with Crippen molar-refractivity contribution in [1.82, 2.24) is 10.2 Å². The molecule has 1 atom stereocenters. The number of likely N-dealkylation sites (tertiary alicyclic amines) is 1. The molecule has 1 aliphatic rings. The molecule has 7 heteroatoms. The van der Waals surface area contributed by atoms with Crippen molar-refractivity contribution < 1.29 is 9.59 Å². The largest absolute Gasteiger partial charge is 0.341 e. The van der Waals surface area contributed by atoms with Crippen LogP contribution in [0.15, 0.2) is 18.2 Å². The first-order valence-corrected chi connectivity index (χ1v) is 7.95. The summed E-state index contributed by atoms with van der Waals surface area (Å²) in [5.41, 5.74) is 6.08. The predicted octanol–water partition coefficient (Wildman–Crippen LogP) is 2.06. The minimum atomic E-state index is -0.628. The van der Waals surface area contributed by atoms with Gasteiger partial charge in [-0.05, 0) is 31.9 Å². The summed E-state index contributed by atoms with van der Waals surface area (Å²) in [5.74, 6) is -0.527. The Kier molecular flexibility index (Phi) is 5.67. The standard InChI is InChI=1S/C15H19Cl2N3O2/c1-9(15(22)20-7-5-10(18)6-8-20)19-14(21)11-3-2-4-12(16)13(11)17/h2-4,9-10H,5-8,18H2,1H3,(H,19,21). The van der Waals surface area contributed by atoms with Crippen molar-refractivity contribution in [3.05, 3.63) is 33.8 Å². The maximum Gasteiger partial charge on any atom is 0.253 e. The Labute approximate surface area is 139 Å². The van der Waals surface area contributed by atoms with Gasteiger partial charge < -0.3 is 16.0 Å². The average molecular weight is 344 g/mol. The molecule has 2 amide bonds. The van der Waals surface area contributed by atoms with Crippen molar-refractivity contribution in [2.45, 2.75) is 31.8 Å². The quantitative estimate of drug-likeness (QED) is 0.881. The number of carbonyl (C=O) groups is 2. The summed E-state index contributed by atoms with van der Waals surface area (Å²) in [5, 5.41) is 3.16. The van der Waals surface area contributed by atoms with E-state index in [2.05, 4.69) is 5.32 Å². The van der Waals surface area contributed by atoms with Crippen molar-refractivity contribution in [3.63, 3.8) is 0 Å². The highest BCUT2D eigenvalue weighted by molar-refractivity contribution is 6.43. The van der Waals surface area contributed by atoms with Gasteiger partial charge in [-0.15, -0.1) is 0 Å². The molecule has 120 valence electrons. The molecule has 1 saturated heterocycles. The zero-order chi connectivity index (χ0) is 16.3. The topological polar surface area (TPSA) is 75.4 Å². The van der Waals surface area contributed by atoms with Crippen LogP contribution in [0.1, 0.15) is 30.1 Å². The van der Waals surface area contributed by atoms with E-state index in [1.165, 1.54) is 0 Å². The Hall–Kier alpha value is -1.30. The summed E-state index contributed by atoms with van der Waals surface area (Å²) < 4.78 is 0. The van der Waals surface area contributed by atoms with Gasteiger partial charge in [-0.1, -0.05) is 29.3 Å². The lowest BCUT2D eigenvalue weighted by Crippen LogP contribution is -2.50. The number of nitrogens with zero attached hydrogens (tertiary/aromatic N) is 1. The van der Waals surface area contributed by atoms with Crippen molar-refractivity contribution >= 4 is 35.0 Å². The molecule has 22 heavy (non-hydrogen) atoms. The van der Waals surface area contributed by atoms with Gasteiger partial charge in [-0.3, -0.25) is 9.59 Å². The molecule has 0 bridgehead atoms. The smallest absolute Gasteiger partial charge is 0.253 e. The van der Waals surface area contributed by atoms with E-state index in [1.54, 1.807) is 30.0 Å². The number of rotatable bonds is 3. The number of nitrogens with two attached hydrogens (primary N) is 1. The van der Waals surface area contributed by atoms with E-state index in [1.807, 2.05) is 0 Å². The normalized spacial score (nSPS) is 17.2. The number of nitrogens with one attached hydrogen (secondary N) is 1. The van der Waals surface area contributed by atoms with E-state index >= 15 is 0 Å². The molecule has 1 fully saturated rings. The second kappa shape index (κ2) is 7.31. The molecule has 1 heterocycles. The van der Waals surface area contributed by atoms with Crippen molar-refractivity contribution in [1.29, 1.82) is 0 Å². The van der Waals surface area contributed by atoms with Crippen molar-refractivity contribution in [3.8, 4) is 0 Å². The number of carbonyl (C=O) groups excluding carboxylic acids is 2. The number of hydrogen-bond donors (Lipinski definition) is 2. The van der Waals surface area contributed by atoms with Crippen LogP contribution in [0.3, 0.4) is 0 Å². The fraction of sp³-hybridized carbons (Fsp3) is 0.467. The molecule has 1 aromatic rings. The first-order chi connectivity index (χ1) is 10.4. The van der Waals surface area contributed by atoms with Crippen LogP contribution in [0, 0.1) is 0 Å². The predicted molar refractivity (Wildman–Crippen MR) is 87.2 cm³/mol. The van der Waals surface area contributed by atoms with Crippen molar-refractivity contribution in [2.75, 3.05) is 13.1 Å². The molecule has 0 saturated carbocycles. The Morgan fingerprint density at radius 3 is 2.59 bits per heavy atom. The lowest BCUT2D eigenvalue weighted by atomic mass is 10.1. The van der Waals surface area contributed by atoms with Crippen LogP contribution in [-0.2, 0) is 4.79 Å². The third-order valence-corrected chi connectivity index (χ3v) is 4.58. The monoisotopic (exact) mass is 343 g/mol. The molecule has 1 aromatic carbocycles. The molecule has 3 N–H and O–H groups in total. The number of piperidine rings is 1. The van der Waals surface area contributed by atoms with Gasteiger partial charge in [0.1, 0.15) is 6.04 Å². The molecule has 2 rings (SSSR count). The van der Waals surface area contributed by atoms with Crippen LogP contribution < -0.4 is 11.1 Å². The van der Waals surface area contributed by atoms with Gasteiger partial charge in [0, 0.05) is 19.1 Å². The van der Waals surface area contributed by atoms with E-state index in [4.69, 9.17) is 28.9 Å².